The van der Waals surface area contributed by atoms with Crippen LogP contribution in [0.1, 0.15) is 19.8 Å². The third-order valence-electron chi connectivity index (χ3n) is 2.05. The Bertz CT molecular complexity index is 436. The van der Waals surface area contributed by atoms with Gasteiger partial charge in [-0.05, 0) is 18.6 Å². The molecule has 88 valence electrons. The average Bonchev–Trinajstić information content (AvgIpc) is 2.33. The van der Waals surface area contributed by atoms with Crippen LogP contribution in [0.4, 0.5) is 11.4 Å². The number of unbranched alkanes of at least 4 members (excludes halogenated alkanes) is 1. The summed E-state index contributed by atoms with van der Waals surface area (Å²) in [6, 6.07) is 4.81. The van der Waals surface area contributed by atoms with Crippen LogP contribution in [0.3, 0.4) is 0 Å². The van der Waals surface area contributed by atoms with Crippen molar-refractivity contribution in [3.05, 3.63) is 18.2 Å². The average molecular weight is 232 g/mol. The minimum absolute atomic E-state index is 0.313. The van der Waals surface area contributed by atoms with Gasteiger partial charge in [0.05, 0.1) is 6.61 Å². The van der Waals surface area contributed by atoms with Crippen molar-refractivity contribution in [3.63, 3.8) is 0 Å². The Morgan fingerprint density at radius 2 is 1.76 bits per heavy atom. The topological polar surface area (TPSA) is 68.1 Å². The maximum atomic E-state index is 10.3. The Kier molecular flexibility index (Phi) is 5.38. The van der Waals surface area contributed by atoms with E-state index in [1.165, 1.54) is 12.2 Å². The summed E-state index contributed by atoms with van der Waals surface area (Å²) in [5.41, 5.74) is 0.625. The van der Waals surface area contributed by atoms with E-state index < -0.39 is 0 Å². The fourth-order valence-electron chi connectivity index (χ4n) is 1.25. The highest BCUT2D eigenvalue weighted by Crippen LogP contribution is 2.37. The molecule has 0 spiro atoms. The van der Waals surface area contributed by atoms with Crippen LogP contribution in [-0.2, 0) is 9.59 Å². The van der Waals surface area contributed by atoms with Crippen LogP contribution < -0.4 is 4.74 Å². The molecule has 0 radical (unpaired) electrons. The van der Waals surface area contributed by atoms with E-state index in [9.17, 15) is 9.59 Å². The van der Waals surface area contributed by atoms with Gasteiger partial charge in [0.15, 0.2) is 5.75 Å². The van der Waals surface area contributed by atoms with E-state index in [4.69, 9.17) is 4.74 Å². The summed E-state index contributed by atoms with van der Waals surface area (Å²) in [7, 11) is 0. The Labute approximate surface area is 98.8 Å². The first-order chi connectivity index (χ1) is 8.33. The SMILES string of the molecule is CCCCOc1c(N=C=O)cccc1N=C=O. The molecule has 1 aromatic carbocycles. The molecule has 0 bridgehead atoms. The minimum Gasteiger partial charge on any atom is -0.489 e. The predicted molar refractivity (Wildman–Crippen MR) is 62.4 cm³/mol. The van der Waals surface area contributed by atoms with Gasteiger partial charge in [-0.1, -0.05) is 19.4 Å². The molecular formula is C12H12N2O3. The van der Waals surface area contributed by atoms with E-state index in [0.29, 0.717) is 23.7 Å². The van der Waals surface area contributed by atoms with Crippen LogP contribution in [0, 0.1) is 0 Å². The summed E-state index contributed by atoms with van der Waals surface area (Å²) < 4.78 is 5.47. The summed E-state index contributed by atoms with van der Waals surface area (Å²) >= 11 is 0. The van der Waals surface area contributed by atoms with E-state index in [0.717, 1.165) is 12.8 Å². The lowest BCUT2D eigenvalue weighted by molar-refractivity contribution is 0.311. The van der Waals surface area contributed by atoms with Crippen molar-refractivity contribution in [1.82, 2.24) is 0 Å². The van der Waals surface area contributed by atoms with Gasteiger partial charge in [-0.25, -0.2) is 9.59 Å². The second-order valence-corrected chi connectivity index (χ2v) is 3.23. The molecule has 1 aromatic rings. The van der Waals surface area contributed by atoms with Gasteiger partial charge in [0, 0.05) is 0 Å². The Balaban J connectivity index is 3.08. The molecule has 1 rings (SSSR count). The molecule has 0 fully saturated rings. The van der Waals surface area contributed by atoms with Crippen molar-refractivity contribution in [2.75, 3.05) is 6.61 Å². The number of isocyanates is 2. The number of ether oxygens (including phenoxy) is 1. The van der Waals surface area contributed by atoms with E-state index in [1.807, 2.05) is 6.92 Å². The zero-order valence-electron chi connectivity index (χ0n) is 9.47. The Hall–Kier alpha value is -2.22. The van der Waals surface area contributed by atoms with Gasteiger partial charge in [0.25, 0.3) is 0 Å². The van der Waals surface area contributed by atoms with Gasteiger partial charge in [-0.15, -0.1) is 0 Å². The molecule has 0 saturated carbocycles. The number of para-hydroxylation sites is 1. The summed E-state index contributed by atoms with van der Waals surface area (Å²) in [6.45, 7) is 2.51. The summed E-state index contributed by atoms with van der Waals surface area (Å²) in [6.07, 6.45) is 4.72. The van der Waals surface area contributed by atoms with Crippen LogP contribution in [0.15, 0.2) is 28.2 Å². The number of carbonyl (C=O) groups excluding carboxylic acids is 2. The van der Waals surface area contributed by atoms with Gasteiger partial charge in [0.1, 0.15) is 11.4 Å². The first kappa shape index (κ1) is 12.8. The molecule has 0 aliphatic heterocycles. The van der Waals surface area contributed by atoms with Crippen molar-refractivity contribution < 1.29 is 14.3 Å². The lowest BCUT2D eigenvalue weighted by Crippen LogP contribution is -1.97. The smallest absolute Gasteiger partial charge is 0.240 e. The molecule has 0 saturated heterocycles. The van der Waals surface area contributed by atoms with Crippen molar-refractivity contribution >= 4 is 23.5 Å². The molecule has 0 aliphatic rings. The highest BCUT2D eigenvalue weighted by molar-refractivity contribution is 5.70. The normalized spacial score (nSPS) is 9.00. The first-order valence-electron chi connectivity index (χ1n) is 5.25. The molecule has 0 atom stereocenters. The number of nitrogens with zero attached hydrogens (tertiary/aromatic N) is 2. The van der Waals surface area contributed by atoms with Gasteiger partial charge in [-0.2, -0.15) is 9.98 Å². The fraction of sp³-hybridized carbons (Fsp3) is 0.333. The van der Waals surface area contributed by atoms with E-state index >= 15 is 0 Å². The zero-order valence-corrected chi connectivity index (χ0v) is 9.47. The van der Waals surface area contributed by atoms with Gasteiger partial charge in [0.2, 0.25) is 12.2 Å². The Morgan fingerprint density at radius 1 is 1.18 bits per heavy atom. The molecule has 0 aliphatic carbocycles. The van der Waals surface area contributed by atoms with Gasteiger partial charge < -0.3 is 4.74 Å². The molecule has 0 aromatic heterocycles. The van der Waals surface area contributed by atoms with Crippen molar-refractivity contribution in [3.8, 4) is 5.75 Å². The highest BCUT2D eigenvalue weighted by Gasteiger charge is 2.08. The maximum Gasteiger partial charge on any atom is 0.240 e. The predicted octanol–water partition coefficient (Wildman–Crippen LogP) is 2.80. The van der Waals surface area contributed by atoms with Crippen LogP contribution in [0.25, 0.3) is 0 Å². The largest absolute Gasteiger partial charge is 0.489 e. The van der Waals surface area contributed by atoms with Crippen LogP contribution in [0.2, 0.25) is 0 Å². The number of hydrogen-bond acceptors (Lipinski definition) is 5. The minimum atomic E-state index is 0.313. The fourth-order valence-corrected chi connectivity index (χ4v) is 1.25. The molecule has 0 amide bonds. The van der Waals surface area contributed by atoms with Gasteiger partial charge >= 0.3 is 0 Å². The standard InChI is InChI=1S/C12H12N2O3/c1-2-3-7-17-12-10(13-8-15)5-4-6-11(12)14-9-16/h4-6H,2-3,7H2,1H3. The van der Waals surface area contributed by atoms with Crippen LogP contribution in [-0.4, -0.2) is 18.8 Å². The second-order valence-electron chi connectivity index (χ2n) is 3.23. The monoisotopic (exact) mass is 232 g/mol. The third-order valence-corrected chi connectivity index (χ3v) is 2.05. The van der Waals surface area contributed by atoms with E-state index in [1.54, 1.807) is 18.2 Å². The summed E-state index contributed by atoms with van der Waals surface area (Å²) in [4.78, 5) is 27.6. The summed E-state index contributed by atoms with van der Waals surface area (Å²) in [5.74, 6) is 0.313. The Morgan fingerprint density at radius 3 is 2.24 bits per heavy atom. The van der Waals surface area contributed by atoms with Crippen molar-refractivity contribution in [1.29, 1.82) is 0 Å². The molecule has 0 heterocycles. The highest BCUT2D eigenvalue weighted by atomic mass is 16.5. The van der Waals surface area contributed by atoms with Crippen molar-refractivity contribution in [2.24, 2.45) is 9.98 Å². The zero-order chi connectivity index (χ0) is 12.5. The molecule has 5 nitrogen and oxygen atoms in total. The molecule has 17 heavy (non-hydrogen) atoms. The number of benzene rings is 1. The number of aliphatic imine (C=N–C) groups is 2. The summed E-state index contributed by atoms with van der Waals surface area (Å²) in [5, 5.41) is 0. The van der Waals surface area contributed by atoms with Crippen molar-refractivity contribution in [2.45, 2.75) is 19.8 Å². The first-order valence-corrected chi connectivity index (χ1v) is 5.25. The second kappa shape index (κ2) is 7.12. The third kappa shape index (κ3) is 3.68. The quantitative estimate of drug-likeness (QED) is 0.430. The lowest BCUT2D eigenvalue weighted by atomic mass is 10.2. The van der Waals surface area contributed by atoms with E-state index in [-0.39, 0.29) is 0 Å². The lowest BCUT2D eigenvalue weighted by Gasteiger charge is -2.09. The molecule has 0 N–H and O–H groups in total. The molecule has 0 unspecified atom stereocenters. The molecule has 5 heteroatoms. The van der Waals surface area contributed by atoms with Gasteiger partial charge in [-0.3, -0.25) is 0 Å². The number of rotatable bonds is 6. The number of hydrogen-bond donors (Lipinski definition) is 0. The maximum absolute atomic E-state index is 10.3. The molecular weight excluding hydrogens is 220 g/mol. The van der Waals surface area contributed by atoms with E-state index in [2.05, 4.69) is 9.98 Å². The van der Waals surface area contributed by atoms with Crippen LogP contribution in [0.5, 0.6) is 5.75 Å². The van der Waals surface area contributed by atoms with Crippen LogP contribution >= 0.6 is 0 Å².